The summed E-state index contributed by atoms with van der Waals surface area (Å²) in [7, 11) is 0. The predicted molar refractivity (Wildman–Crippen MR) is 66.4 cm³/mol. The van der Waals surface area contributed by atoms with Gasteiger partial charge >= 0.3 is 0 Å². The number of unbranched alkanes of at least 4 members (excludes halogenated alkanes) is 1. The van der Waals surface area contributed by atoms with Gasteiger partial charge in [0.1, 0.15) is 6.33 Å². The van der Waals surface area contributed by atoms with E-state index in [9.17, 15) is 0 Å². The maximum atomic E-state index is 5.71. The van der Waals surface area contributed by atoms with Gasteiger partial charge in [-0.25, -0.2) is 15.0 Å². The van der Waals surface area contributed by atoms with Crippen LogP contribution in [0.2, 0.25) is 0 Å². The number of nitrogens with zero attached hydrogens (tertiary/aromatic N) is 4. The second kappa shape index (κ2) is 5.83. The van der Waals surface area contributed by atoms with Crippen molar-refractivity contribution < 1.29 is 0 Å². The van der Waals surface area contributed by atoms with Crippen molar-refractivity contribution in [2.24, 2.45) is 0 Å². The van der Waals surface area contributed by atoms with E-state index in [2.05, 4.69) is 24.8 Å². The van der Waals surface area contributed by atoms with Crippen LogP contribution in [0.5, 0.6) is 0 Å². The number of anilines is 2. The predicted octanol–water partition coefficient (Wildman–Crippen LogP) is 1.15. The van der Waals surface area contributed by atoms with Crippen LogP contribution >= 0.6 is 0 Å². The van der Waals surface area contributed by atoms with Crippen LogP contribution in [0.4, 0.5) is 11.5 Å². The third-order valence-electron chi connectivity index (χ3n) is 2.44. The fourth-order valence-corrected chi connectivity index (χ4v) is 1.53. The number of nitrogens with one attached hydrogen (secondary N) is 1. The number of aromatic nitrogens is 4. The average Bonchev–Trinajstić information content (AvgIpc) is 2.84. The highest BCUT2D eigenvalue weighted by atomic mass is 15.0. The lowest BCUT2D eigenvalue weighted by Gasteiger charge is -2.07. The Balaban J connectivity index is 1.65. The third-order valence-corrected chi connectivity index (χ3v) is 2.44. The summed E-state index contributed by atoms with van der Waals surface area (Å²) in [5, 5.41) is 3.19. The highest BCUT2D eigenvalue weighted by Gasteiger charge is 1.98. The average molecular weight is 232 g/mol. The minimum atomic E-state index is 0.585. The van der Waals surface area contributed by atoms with Crippen molar-refractivity contribution in [2.75, 3.05) is 17.6 Å². The highest BCUT2D eigenvalue weighted by molar-refractivity contribution is 5.58. The lowest BCUT2D eigenvalue weighted by atomic mass is 10.3. The van der Waals surface area contributed by atoms with Gasteiger partial charge < -0.3 is 15.6 Å². The molecule has 90 valence electrons. The van der Waals surface area contributed by atoms with Gasteiger partial charge in [-0.15, -0.1) is 0 Å². The Morgan fingerprint density at radius 1 is 1.29 bits per heavy atom. The summed E-state index contributed by atoms with van der Waals surface area (Å²) in [6.45, 7) is 1.84. The largest absolute Gasteiger partial charge is 0.394 e. The van der Waals surface area contributed by atoms with Gasteiger partial charge in [0, 0.05) is 25.5 Å². The summed E-state index contributed by atoms with van der Waals surface area (Å²) >= 11 is 0. The van der Waals surface area contributed by atoms with Crippen molar-refractivity contribution in [1.29, 1.82) is 0 Å². The fraction of sp³-hybridized carbons (Fsp3) is 0.364. The van der Waals surface area contributed by atoms with Crippen molar-refractivity contribution in [3.63, 3.8) is 0 Å². The smallest absolute Gasteiger partial charge is 0.152 e. The van der Waals surface area contributed by atoms with Crippen molar-refractivity contribution in [1.82, 2.24) is 19.5 Å². The molecule has 0 radical (unpaired) electrons. The Labute approximate surface area is 99.9 Å². The summed E-state index contributed by atoms with van der Waals surface area (Å²) in [5.74, 6) is 0.711. The standard InChI is InChI=1S/C11H16N6/c12-10-7-14-8-16-11(10)15-3-1-2-5-17-6-4-13-9-17/h4,6-9H,1-3,5,12H2,(H,14,15,16). The lowest BCUT2D eigenvalue weighted by molar-refractivity contribution is 0.620. The molecule has 6 nitrogen and oxygen atoms in total. The summed E-state index contributed by atoms with van der Waals surface area (Å²) < 4.78 is 2.07. The first-order valence-electron chi connectivity index (χ1n) is 5.61. The SMILES string of the molecule is Nc1cncnc1NCCCCn1ccnc1. The van der Waals surface area contributed by atoms with Gasteiger partial charge in [0.2, 0.25) is 0 Å². The number of hydrogen-bond donors (Lipinski definition) is 2. The molecule has 2 aromatic heterocycles. The van der Waals surface area contributed by atoms with Gasteiger partial charge in [0.05, 0.1) is 18.2 Å². The minimum absolute atomic E-state index is 0.585. The first-order chi connectivity index (χ1) is 8.36. The van der Waals surface area contributed by atoms with Crippen LogP contribution in [-0.2, 0) is 6.54 Å². The lowest BCUT2D eigenvalue weighted by Crippen LogP contribution is -2.07. The Morgan fingerprint density at radius 3 is 3.00 bits per heavy atom. The number of nitrogens with two attached hydrogens (primary N) is 1. The third kappa shape index (κ3) is 3.44. The van der Waals surface area contributed by atoms with Crippen molar-refractivity contribution in [3.05, 3.63) is 31.2 Å². The number of hydrogen-bond acceptors (Lipinski definition) is 5. The van der Waals surface area contributed by atoms with Gasteiger partial charge in [-0.3, -0.25) is 0 Å². The topological polar surface area (TPSA) is 81.6 Å². The zero-order chi connectivity index (χ0) is 11.9. The number of rotatable bonds is 6. The van der Waals surface area contributed by atoms with Gasteiger partial charge in [-0.05, 0) is 12.8 Å². The molecule has 0 aliphatic rings. The van der Waals surface area contributed by atoms with E-state index in [-0.39, 0.29) is 0 Å². The molecule has 0 saturated heterocycles. The van der Waals surface area contributed by atoms with Crippen LogP contribution in [0.25, 0.3) is 0 Å². The summed E-state index contributed by atoms with van der Waals surface area (Å²) in [5.41, 5.74) is 6.30. The first-order valence-corrected chi connectivity index (χ1v) is 5.61. The molecule has 0 bridgehead atoms. The molecule has 0 saturated carbocycles. The molecule has 0 aromatic carbocycles. The fourth-order valence-electron chi connectivity index (χ4n) is 1.53. The van der Waals surface area contributed by atoms with E-state index in [4.69, 9.17) is 5.73 Å². The molecular weight excluding hydrogens is 216 g/mol. The molecule has 0 amide bonds. The van der Waals surface area contributed by atoms with Crippen LogP contribution < -0.4 is 11.1 Å². The van der Waals surface area contributed by atoms with E-state index in [1.165, 1.54) is 6.33 Å². The number of nitrogen functional groups attached to an aromatic ring is 1. The van der Waals surface area contributed by atoms with E-state index >= 15 is 0 Å². The first kappa shape index (κ1) is 11.4. The highest BCUT2D eigenvalue weighted by Crippen LogP contribution is 2.11. The van der Waals surface area contributed by atoms with Crippen LogP contribution in [0.1, 0.15) is 12.8 Å². The van der Waals surface area contributed by atoms with E-state index in [1.807, 2.05) is 12.5 Å². The molecule has 0 spiro atoms. The maximum Gasteiger partial charge on any atom is 0.152 e. The zero-order valence-electron chi connectivity index (χ0n) is 9.58. The van der Waals surface area contributed by atoms with Crippen LogP contribution in [0.15, 0.2) is 31.2 Å². The molecular formula is C11H16N6. The molecule has 2 rings (SSSR count). The maximum absolute atomic E-state index is 5.71. The van der Waals surface area contributed by atoms with Crippen molar-refractivity contribution in [3.8, 4) is 0 Å². The molecule has 0 unspecified atom stereocenters. The Hall–Kier alpha value is -2.11. The zero-order valence-corrected chi connectivity index (χ0v) is 9.58. The van der Waals surface area contributed by atoms with Crippen LogP contribution in [-0.4, -0.2) is 26.1 Å². The molecule has 0 aliphatic heterocycles. The number of aryl methyl sites for hydroxylation is 1. The van der Waals surface area contributed by atoms with E-state index in [0.717, 1.165) is 25.9 Å². The molecule has 17 heavy (non-hydrogen) atoms. The van der Waals surface area contributed by atoms with Gasteiger partial charge in [-0.1, -0.05) is 0 Å². The Kier molecular flexibility index (Phi) is 3.90. The molecule has 2 aromatic rings. The van der Waals surface area contributed by atoms with E-state index in [0.29, 0.717) is 11.5 Å². The quantitative estimate of drug-likeness (QED) is 0.730. The Bertz CT molecular complexity index is 439. The normalized spacial score (nSPS) is 10.4. The van der Waals surface area contributed by atoms with E-state index in [1.54, 1.807) is 12.4 Å². The second-order valence-electron chi connectivity index (χ2n) is 3.76. The van der Waals surface area contributed by atoms with Crippen LogP contribution in [0, 0.1) is 0 Å². The summed E-state index contributed by atoms with van der Waals surface area (Å²) in [6, 6.07) is 0. The Morgan fingerprint density at radius 2 is 2.24 bits per heavy atom. The van der Waals surface area contributed by atoms with E-state index < -0.39 is 0 Å². The van der Waals surface area contributed by atoms with Gasteiger partial charge in [0.25, 0.3) is 0 Å². The summed E-state index contributed by atoms with van der Waals surface area (Å²) in [6.07, 6.45) is 10.8. The molecule has 3 N–H and O–H groups in total. The molecule has 0 atom stereocenters. The summed E-state index contributed by atoms with van der Waals surface area (Å²) in [4.78, 5) is 11.9. The van der Waals surface area contributed by atoms with Crippen LogP contribution in [0.3, 0.4) is 0 Å². The molecule has 6 heteroatoms. The van der Waals surface area contributed by atoms with Crippen molar-refractivity contribution >= 4 is 11.5 Å². The van der Waals surface area contributed by atoms with Gasteiger partial charge in [-0.2, -0.15) is 0 Å². The monoisotopic (exact) mass is 232 g/mol. The van der Waals surface area contributed by atoms with Crippen molar-refractivity contribution in [2.45, 2.75) is 19.4 Å². The minimum Gasteiger partial charge on any atom is -0.394 e. The molecule has 0 fully saturated rings. The van der Waals surface area contributed by atoms with Gasteiger partial charge in [0.15, 0.2) is 5.82 Å². The molecule has 2 heterocycles. The second-order valence-corrected chi connectivity index (χ2v) is 3.76. The number of imidazole rings is 1. The molecule has 0 aliphatic carbocycles.